The van der Waals surface area contributed by atoms with Gasteiger partial charge in [-0.15, -0.1) is 0 Å². The van der Waals surface area contributed by atoms with Crippen molar-refractivity contribution in [1.29, 1.82) is 0 Å². The predicted octanol–water partition coefficient (Wildman–Crippen LogP) is 3.22. The van der Waals surface area contributed by atoms with Gasteiger partial charge in [0.05, 0.1) is 6.10 Å². The molecule has 1 aliphatic carbocycles. The highest BCUT2D eigenvalue weighted by atomic mass is 16.5. The van der Waals surface area contributed by atoms with Crippen molar-refractivity contribution in [2.45, 2.75) is 65.5 Å². The summed E-state index contributed by atoms with van der Waals surface area (Å²) in [6, 6.07) is 0.552. The standard InChI is InChI=1S/C14H29NO/c1-11(2)14(9-15-12(3)4)16-10-13-7-5-6-8-13/h11-15H,5-10H2,1-4H3. The second-order valence-corrected chi connectivity index (χ2v) is 5.83. The third-order valence-corrected chi connectivity index (χ3v) is 3.49. The Balaban J connectivity index is 2.21. The molecule has 96 valence electrons. The first-order valence-electron chi connectivity index (χ1n) is 6.94. The summed E-state index contributed by atoms with van der Waals surface area (Å²) in [5.41, 5.74) is 0. The fourth-order valence-electron chi connectivity index (χ4n) is 2.28. The predicted molar refractivity (Wildman–Crippen MR) is 69.7 cm³/mol. The maximum atomic E-state index is 6.08. The van der Waals surface area contributed by atoms with Gasteiger partial charge < -0.3 is 10.1 Å². The highest BCUT2D eigenvalue weighted by Crippen LogP contribution is 2.25. The lowest BCUT2D eigenvalue weighted by Crippen LogP contribution is -2.37. The lowest BCUT2D eigenvalue weighted by atomic mass is 10.1. The first-order chi connectivity index (χ1) is 7.59. The molecule has 0 spiro atoms. The van der Waals surface area contributed by atoms with Crippen LogP contribution in [0.2, 0.25) is 0 Å². The van der Waals surface area contributed by atoms with Crippen LogP contribution in [0.5, 0.6) is 0 Å². The fourth-order valence-corrected chi connectivity index (χ4v) is 2.28. The van der Waals surface area contributed by atoms with Gasteiger partial charge in [0.25, 0.3) is 0 Å². The molecule has 1 fully saturated rings. The van der Waals surface area contributed by atoms with Gasteiger partial charge in [-0.1, -0.05) is 40.5 Å². The van der Waals surface area contributed by atoms with Crippen LogP contribution >= 0.6 is 0 Å². The first-order valence-corrected chi connectivity index (χ1v) is 6.94. The van der Waals surface area contributed by atoms with Crippen molar-refractivity contribution >= 4 is 0 Å². The molecule has 0 saturated heterocycles. The number of ether oxygens (including phenoxy) is 1. The molecule has 0 radical (unpaired) electrons. The highest BCUT2D eigenvalue weighted by molar-refractivity contribution is 4.71. The molecule has 2 heteroatoms. The summed E-state index contributed by atoms with van der Waals surface area (Å²) in [6.07, 6.45) is 5.95. The van der Waals surface area contributed by atoms with E-state index in [1.54, 1.807) is 0 Å². The van der Waals surface area contributed by atoms with E-state index >= 15 is 0 Å². The molecule has 2 nitrogen and oxygen atoms in total. The van der Waals surface area contributed by atoms with E-state index in [2.05, 4.69) is 33.0 Å². The minimum absolute atomic E-state index is 0.378. The Bertz CT molecular complexity index is 174. The number of hydrogen-bond donors (Lipinski definition) is 1. The molecule has 0 aromatic heterocycles. The SMILES string of the molecule is CC(C)NCC(OCC1CCCC1)C(C)C. The Hall–Kier alpha value is -0.0800. The van der Waals surface area contributed by atoms with Crippen LogP contribution < -0.4 is 5.32 Å². The quantitative estimate of drug-likeness (QED) is 0.721. The van der Waals surface area contributed by atoms with E-state index in [1.807, 2.05) is 0 Å². The molecular formula is C14H29NO. The Kier molecular flexibility index (Phi) is 6.37. The van der Waals surface area contributed by atoms with Gasteiger partial charge in [0, 0.05) is 19.2 Å². The van der Waals surface area contributed by atoms with Crippen LogP contribution in [-0.4, -0.2) is 25.3 Å². The monoisotopic (exact) mass is 227 g/mol. The average Bonchev–Trinajstić information content (AvgIpc) is 2.69. The molecule has 1 unspecified atom stereocenters. The Morgan fingerprint density at radius 2 is 1.75 bits per heavy atom. The Morgan fingerprint density at radius 1 is 1.12 bits per heavy atom. The highest BCUT2D eigenvalue weighted by Gasteiger charge is 2.19. The molecule has 1 aliphatic rings. The van der Waals surface area contributed by atoms with Crippen molar-refractivity contribution in [2.75, 3.05) is 13.2 Å². The summed E-state index contributed by atoms with van der Waals surface area (Å²) in [5, 5.41) is 3.48. The lowest BCUT2D eigenvalue weighted by molar-refractivity contribution is 0.00289. The molecule has 16 heavy (non-hydrogen) atoms. The van der Waals surface area contributed by atoms with Gasteiger partial charge in [0.2, 0.25) is 0 Å². The summed E-state index contributed by atoms with van der Waals surface area (Å²) in [5.74, 6) is 1.44. The topological polar surface area (TPSA) is 21.3 Å². The summed E-state index contributed by atoms with van der Waals surface area (Å²) < 4.78 is 6.08. The van der Waals surface area contributed by atoms with Crippen molar-refractivity contribution in [3.8, 4) is 0 Å². The number of rotatable bonds is 7. The van der Waals surface area contributed by atoms with Crippen LogP contribution in [0.25, 0.3) is 0 Å². The van der Waals surface area contributed by atoms with Crippen molar-refractivity contribution in [3.05, 3.63) is 0 Å². The van der Waals surface area contributed by atoms with Gasteiger partial charge in [-0.3, -0.25) is 0 Å². The molecule has 0 aliphatic heterocycles. The van der Waals surface area contributed by atoms with Gasteiger partial charge in [-0.2, -0.15) is 0 Å². The zero-order valence-electron chi connectivity index (χ0n) is 11.5. The van der Waals surface area contributed by atoms with E-state index in [1.165, 1.54) is 25.7 Å². The van der Waals surface area contributed by atoms with Gasteiger partial charge in [0.1, 0.15) is 0 Å². The summed E-state index contributed by atoms with van der Waals surface area (Å²) in [7, 11) is 0. The van der Waals surface area contributed by atoms with Crippen LogP contribution in [0, 0.1) is 11.8 Å². The van der Waals surface area contributed by atoms with E-state index in [-0.39, 0.29) is 0 Å². The number of nitrogens with one attached hydrogen (secondary N) is 1. The zero-order valence-corrected chi connectivity index (χ0v) is 11.5. The maximum Gasteiger partial charge on any atom is 0.0722 e. The summed E-state index contributed by atoms with van der Waals surface area (Å²) in [4.78, 5) is 0. The molecule has 0 aromatic carbocycles. The van der Waals surface area contributed by atoms with Crippen molar-refractivity contribution in [1.82, 2.24) is 5.32 Å². The molecule has 0 aromatic rings. The van der Waals surface area contributed by atoms with Crippen LogP contribution in [0.15, 0.2) is 0 Å². The molecule has 1 N–H and O–H groups in total. The van der Waals surface area contributed by atoms with Gasteiger partial charge in [-0.25, -0.2) is 0 Å². The van der Waals surface area contributed by atoms with Crippen LogP contribution in [0.4, 0.5) is 0 Å². The molecule has 0 bridgehead atoms. The van der Waals surface area contributed by atoms with E-state index in [4.69, 9.17) is 4.74 Å². The first kappa shape index (κ1) is 14.0. The summed E-state index contributed by atoms with van der Waals surface area (Å²) in [6.45, 7) is 10.8. The number of hydrogen-bond acceptors (Lipinski definition) is 2. The Labute approximate surface area is 101 Å². The van der Waals surface area contributed by atoms with Gasteiger partial charge in [0.15, 0.2) is 0 Å². The minimum Gasteiger partial charge on any atom is -0.376 e. The third kappa shape index (κ3) is 5.31. The van der Waals surface area contributed by atoms with Crippen molar-refractivity contribution in [3.63, 3.8) is 0 Å². The van der Waals surface area contributed by atoms with Gasteiger partial charge >= 0.3 is 0 Å². The molecule has 0 heterocycles. The van der Waals surface area contributed by atoms with E-state index in [0.29, 0.717) is 18.1 Å². The molecule has 0 amide bonds. The minimum atomic E-state index is 0.378. The average molecular weight is 227 g/mol. The normalized spacial score (nSPS) is 19.9. The molecule has 1 rings (SSSR count). The largest absolute Gasteiger partial charge is 0.376 e. The smallest absolute Gasteiger partial charge is 0.0722 e. The maximum absolute atomic E-state index is 6.08. The third-order valence-electron chi connectivity index (χ3n) is 3.49. The Morgan fingerprint density at radius 3 is 2.25 bits per heavy atom. The second-order valence-electron chi connectivity index (χ2n) is 5.83. The van der Waals surface area contributed by atoms with E-state index in [0.717, 1.165) is 19.1 Å². The molecular weight excluding hydrogens is 198 g/mol. The van der Waals surface area contributed by atoms with Gasteiger partial charge in [-0.05, 0) is 24.7 Å². The molecule has 1 saturated carbocycles. The zero-order chi connectivity index (χ0) is 12.0. The summed E-state index contributed by atoms with van der Waals surface area (Å²) >= 11 is 0. The van der Waals surface area contributed by atoms with Crippen LogP contribution in [0.3, 0.4) is 0 Å². The van der Waals surface area contributed by atoms with Crippen molar-refractivity contribution in [2.24, 2.45) is 11.8 Å². The van der Waals surface area contributed by atoms with Crippen LogP contribution in [0.1, 0.15) is 53.4 Å². The second kappa shape index (κ2) is 7.29. The van der Waals surface area contributed by atoms with E-state index < -0.39 is 0 Å². The van der Waals surface area contributed by atoms with Crippen LogP contribution in [-0.2, 0) is 4.74 Å². The van der Waals surface area contributed by atoms with Crippen molar-refractivity contribution < 1.29 is 4.74 Å². The van der Waals surface area contributed by atoms with E-state index in [9.17, 15) is 0 Å². The fraction of sp³-hybridized carbons (Fsp3) is 1.00. The lowest BCUT2D eigenvalue weighted by Gasteiger charge is -2.24. The molecule has 1 atom stereocenters.